The summed E-state index contributed by atoms with van der Waals surface area (Å²) in [5.41, 5.74) is 0. The number of ether oxygens (including phenoxy) is 1. The molecule has 1 radical (unpaired) electrons. The summed E-state index contributed by atoms with van der Waals surface area (Å²) in [5.74, 6) is 0. The van der Waals surface area contributed by atoms with Crippen molar-refractivity contribution < 1.29 is 4.74 Å². The Labute approximate surface area is 43.9 Å². The molecule has 0 bridgehead atoms. The second-order valence-electron chi connectivity index (χ2n) is 1.60. The summed E-state index contributed by atoms with van der Waals surface area (Å²) in [4.78, 5) is 0. The van der Waals surface area contributed by atoms with Gasteiger partial charge in [0.05, 0.1) is 6.61 Å². The van der Waals surface area contributed by atoms with E-state index in [1.54, 1.807) is 0 Å². The zero-order valence-electron chi connectivity index (χ0n) is 4.31. The fraction of sp³-hybridized carbons (Fsp3) is 0.800. The average molecular weight is 100 g/mol. The van der Waals surface area contributed by atoms with E-state index >= 15 is 0 Å². The summed E-state index contributed by atoms with van der Waals surface area (Å²) in [7, 11) is 0. The van der Waals surface area contributed by atoms with Crippen LogP contribution in [-0.2, 0) is 4.74 Å². The van der Waals surface area contributed by atoms with Gasteiger partial charge in [-0.25, -0.2) is 0 Å². The van der Waals surface area contributed by atoms with Crippen molar-refractivity contribution in [2.45, 2.75) is 6.42 Å². The zero-order valence-corrected chi connectivity index (χ0v) is 4.31. The first kappa shape index (κ1) is 5.06. The first-order chi connectivity index (χ1) is 3.50. The van der Waals surface area contributed by atoms with Crippen LogP contribution in [0.25, 0.3) is 0 Å². The van der Waals surface area contributed by atoms with Crippen LogP contribution in [0, 0.1) is 6.61 Å². The SMILES string of the molecule is [CH]1CNCCCO1. The lowest BCUT2D eigenvalue weighted by Crippen LogP contribution is -2.13. The largest absolute Gasteiger partial charge is 0.374 e. The third-order valence-electron chi connectivity index (χ3n) is 0.961. The van der Waals surface area contributed by atoms with Crippen LogP contribution in [-0.4, -0.2) is 19.7 Å². The minimum atomic E-state index is 0.882. The van der Waals surface area contributed by atoms with Crippen LogP contribution in [0.4, 0.5) is 0 Å². The van der Waals surface area contributed by atoms with Gasteiger partial charge in [-0.15, -0.1) is 0 Å². The first-order valence-electron chi connectivity index (χ1n) is 2.64. The van der Waals surface area contributed by atoms with E-state index < -0.39 is 0 Å². The van der Waals surface area contributed by atoms with E-state index in [1.807, 2.05) is 6.61 Å². The Balaban J connectivity index is 2.04. The Hall–Kier alpha value is -0.0800. The van der Waals surface area contributed by atoms with Crippen molar-refractivity contribution in [3.8, 4) is 0 Å². The Bertz CT molecular complexity index is 27.7. The second-order valence-corrected chi connectivity index (χ2v) is 1.60. The molecule has 0 aliphatic carbocycles. The molecule has 1 N–H and O–H groups in total. The van der Waals surface area contributed by atoms with Crippen LogP contribution in [0.3, 0.4) is 0 Å². The Morgan fingerprint density at radius 1 is 1.57 bits per heavy atom. The van der Waals surface area contributed by atoms with Crippen LogP contribution < -0.4 is 5.32 Å². The normalized spacial score (nSPS) is 24.0. The highest BCUT2D eigenvalue weighted by atomic mass is 16.5. The molecule has 0 spiro atoms. The Morgan fingerprint density at radius 2 is 2.57 bits per heavy atom. The van der Waals surface area contributed by atoms with Gasteiger partial charge in [0.15, 0.2) is 0 Å². The molecular weight excluding hydrogens is 90.1 g/mol. The summed E-state index contributed by atoms with van der Waals surface area (Å²) in [5, 5.41) is 3.17. The third-order valence-corrected chi connectivity index (χ3v) is 0.961. The first-order valence-corrected chi connectivity index (χ1v) is 2.64. The lowest BCUT2D eigenvalue weighted by Gasteiger charge is -1.90. The molecule has 7 heavy (non-hydrogen) atoms. The van der Waals surface area contributed by atoms with Gasteiger partial charge in [-0.2, -0.15) is 0 Å². The van der Waals surface area contributed by atoms with E-state index in [4.69, 9.17) is 4.74 Å². The van der Waals surface area contributed by atoms with Gasteiger partial charge in [-0.05, 0) is 13.0 Å². The van der Waals surface area contributed by atoms with Crippen LogP contribution in [0.15, 0.2) is 0 Å². The second kappa shape index (κ2) is 2.99. The fourth-order valence-corrected chi connectivity index (χ4v) is 0.584. The molecule has 0 aromatic rings. The summed E-state index contributed by atoms with van der Waals surface area (Å²) < 4.78 is 5.01. The van der Waals surface area contributed by atoms with E-state index in [-0.39, 0.29) is 0 Å². The van der Waals surface area contributed by atoms with E-state index in [9.17, 15) is 0 Å². The van der Waals surface area contributed by atoms with Crippen LogP contribution in [0.5, 0.6) is 0 Å². The highest BCUT2D eigenvalue weighted by Gasteiger charge is 1.94. The summed E-state index contributed by atoms with van der Waals surface area (Å²) in [6.45, 7) is 4.69. The van der Waals surface area contributed by atoms with Gasteiger partial charge in [-0.3, -0.25) is 0 Å². The van der Waals surface area contributed by atoms with Gasteiger partial charge in [0.25, 0.3) is 0 Å². The topological polar surface area (TPSA) is 21.3 Å². The number of hydrogen-bond donors (Lipinski definition) is 1. The Kier molecular flexibility index (Phi) is 2.17. The molecule has 0 aromatic heterocycles. The fourth-order valence-electron chi connectivity index (χ4n) is 0.584. The predicted octanol–water partition coefficient (Wildman–Crippen LogP) is 0.158. The highest BCUT2D eigenvalue weighted by molar-refractivity contribution is 4.59. The molecule has 0 saturated carbocycles. The van der Waals surface area contributed by atoms with E-state index in [2.05, 4.69) is 5.32 Å². The van der Waals surface area contributed by atoms with Gasteiger partial charge in [-0.1, -0.05) is 0 Å². The zero-order chi connectivity index (χ0) is 4.95. The molecule has 41 valence electrons. The standard InChI is InChI=1S/C5H10NO/c1-2-6-3-5-7-4-1/h5-6H,1-4H2. The van der Waals surface area contributed by atoms with Gasteiger partial charge in [0, 0.05) is 13.2 Å². The van der Waals surface area contributed by atoms with Crippen molar-refractivity contribution in [2.75, 3.05) is 19.7 Å². The van der Waals surface area contributed by atoms with Crippen molar-refractivity contribution >= 4 is 0 Å². The molecule has 0 amide bonds. The molecule has 1 saturated heterocycles. The van der Waals surface area contributed by atoms with Crippen molar-refractivity contribution in [3.05, 3.63) is 6.61 Å². The molecule has 0 atom stereocenters. The number of rotatable bonds is 0. The van der Waals surface area contributed by atoms with Crippen molar-refractivity contribution in [1.29, 1.82) is 0 Å². The minimum Gasteiger partial charge on any atom is -0.374 e. The van der Waals surface area contributed by atoms with Crippen LogP contribution >= 0.6 is 0 Å². The quantitative estimate of drug-likeness (QED) is 0.468. The van der Waals surface area contributed by atoms with Crippen molar-refractivity contribution in [3.63, 3.8) is 0 Å². The van der Waals surface area contributed by atoms with E-state index in [0.29, 0.717) is 0 Å². The monoisotopic (exact) mass is 100 g/mol. The molecular formula is C5H10NO. The predicted molar refractivity (Wildman–Crippen MR) is 27.7 cm³/mol. The van der Waals surface area contributed by atoms with Gasteiger partial charge < -0.3 is 10.1 Å². The maximum atomic E-state index is 5.01. The smallest absolute Gasteiger partial charge is 0.0973 e. The maximum Gasteiger partial charge on any atom is 0.0973 e. The van der Waals surface area contributed by atoms with Crippen LogP contribution in [0.1, 0.15) is 6.42 Å². The maximum absolute atomic E-state index is 5.01. The van der Waals surface area contributed by atoms with Gasteiger partial charge in [0.1, 0.15) is 0 Å². The molecule has 1 aliphatic rings. The lowest BCUT2D eigenvalue weighted by molar-refractivity contribution is 0.209. The molecule has 1 heterocycles. The molecule has 1 aliphatic heterocycles. The van der Waals surface area contributed by atoms with E-state index in [1.165, 1.54) is 0 Å². The molecule has 1 fully saturated rings. The molecule has 2 nitrogen and oxygen atoms in total. The number of nitrogens with one attached hydrogen (secondary N) is 1. The molecule has 0 aromatic carbocycles. The van der Waals surface area contributed by atoms with Crippen molar-refractivity contribution in [2.24, 2.45) is 0 Å². The minimum absolute atomic E-state index is 0.882. The van der Waals surface area contributed by atoms with Crippen molar-refractivity contribution in [1.82, 2.24) is 5.32 Å². The molecule has 2 heteroatoms. The Morgan fingerprint density at radius 3 is 3.57 bits per heavy atom. The van der Waals surface area contributed by atoms with Gasteiger partial charge >= 0.3 is 0 Å². The summed E-state index contributed by atoms with van der Waals surface area (Å²) in [6.07, 6.45) is 1.14. The molecule has 1 rings (SSSR count). The molecule has 0 unspecified atom stereocenters. The van der Waals surface area contributed by atoms with E-state index in [0.717, 1.165) is 26.1 Å². The summed E-state index contributed by atoms with van der Waals surface area (Å²) >= 11 is 0. The lowest BCUT2D eigenvalue weighted by atomic mass is 10.5. The summed E-state index contributed by atoms with van der Waals surface area (Å²) in [6, 6.07) is 0. The van der Waals surface area contributed by atoms with Crippen LogP contribution in [0.2, 0.25) is 0 Å². The average Bonchev–Trinajstić information content (AvgIpc) is 1.90. The highest BCUT2D eigenvalue weighted by Crippen LogP contribution is 1.88. The number of hydrogen-bond acceptors (Lipinski definition) is 2. The third kappa shape index (κ3) is 1.90. The van der Waals surface area contributed by atoms with Gasteiger partial charge in [0.2, 0.25) is 0 Å².